The number of hydrogen-bond donors (Lipinski definition) is 0. The average Bonchev–Trinajstić information content (AvgIpc) is 2.41. The lowest BCUT2D eigenvalue weighted by Gasteiger charge is -2.10. The van der Waals surface area contributed by atoms with Gasteiger partial charge >= 0.3 is 0 Å². The van der Waals surface area contributed by atoms with E-state index in [1.165, 1.54) is 24.8 Å². The molecule has 2 rings (SSSR count). The van der Waals surface area contributed by atoms with E-state index in [-0.39, 0.29) is 5.78 Å². The lowest BCUT2D eigenvalue weighted by molar-refractivity contribution is 0.101. The predicted octanol–water partition coefficient (Wildman–Crippen LogP) is 4.19. The zero-order valence-electron chi connectivity index (χ0n) is 10.6. The maximum atomic E-state index is 13.9. The first-order valence-corrected chi connectivity index (χ1v) is 6.55. The fraction of sp³-hybridized carbons (Fsp3) is 0.133. The summed E-state index contributed by atoms with van der Waals surface area (Å²) in [6.07, 6.45) is 0. The lowest BCUT2D eigenvalue weighted by Crippen LogP contribution is -1.97. The fourth-order valence-corrected chi connectivity index (χ4v) is 2.81. The van der Waals surface area contributed by atoms with E-state index in [4.69, 9.17) is 4.74 Å². The van der Waals surface area contributed by atoms with E-state index in [1.807, 2.05) is 18.2 Å². The van der Waals surface area contributed by atoms with Gasteiger partial charge in [-0.3, -0.25) is 4.79 Å². The van der Waals surface area contributed by atoms with Gasteiger partial charge in [0.05, 0.1) is 16.9 Å². The highest BCUT2D eigenvalue weighted by Crippen LogP contribution is 2.37. The van der Waals surface area contributed by atoms with E-state index in [2.05, 4.69) is 0 Å². The molecule has 0 aliphatic rings. The van der Waals surface area contributed by atoms with Crippen LogP contribution < -0.4 is 4.74 Å². The molecular weight excluding hydrogens is 263 g/mol. The first-order chi connectivity index (χ1) is 9.13. The summed E-state index contributed by atoms with van der Waals surface area (Å²) in [6.45, 7) is 1.43. The quantitative estimate of drug-likeness (QED) is 0.783. The van der Waals surface area contributed by atoms with E-state index in [0.29, 0.717) is 16.2 Å². The third kappa shape index (κ3) is 2.96. The van der Waals surface area contributed by atoms with Crippen molar-refractivity contribution in [2.24, 2.45) is 0 Å². The summed E-state index contributed by atoms with van der Waals surface area (Å²) < 4.78 is 19.1. The van der Waals surface area contributed by atoms with Crippen molar-refractivity contribution in [3.05, 3.63) is 53.8 Å². The van der Waals surface area contributed by atoms with Crippen LogP contribution in [0, 0.1) is 5.82 Å². The van der Waals surface area contributed by atoms with Crippen molar-refractivity contribution in [3.8, 4) is 5.75 Å². The maximum absolute atomic E-state index is 13.9. The van der Waals surface area contributed by atoms with Crippen molar-refractivity contribution < 1.29 is 13.9 Å². The third-order valence-corrected chi connectivity index (χ3v) is 3.80. The summed E-state index contributed by atoms with van der Waals surface area (Å²) in [4.78, 5) is 12.7. The first kappa shape index (κ1) is 13.6. The molecule has 0 saturated heterocycles. The summed E-state index contributed by atoms with van der Waals surface area (Å²) >= 11 is 1.20. The summed E-state index contributed by atoms with van der Waals surface area (Å²) in [7, 11) is 1.56. The molecule has 0 spiro atoms. The molecule has 0 unspecified atom stereocenters. The van der Waals surface area contributed by atoms with Gasteiger partial charge in [0.2, 0.25) is 0 Å². The summed E-state index contributed by atoms with van der Waals surface area (Å²) in [5.41, 5.74) is 0.385. The Morgan fingerprint density at radius 2 is 1.89 bits per heavy atom. The minimum Gasteiger partial charge on any atom is -0.496 e. The molecule has 0 saturated carbocycles. The predicted molar refractivity (Wildman–Crippen MR) is 73.5 cm³/mol. The SMILES string of the molecule is COc1ccccc1Sc1c(F)cccc1C(C)=O. The molecule has 0 aliphatic heterocycles. The highest BCUT2D eigenvalue weighted by atomic mass is 32.2. The minimum atomic E-state index is -0.399. The first-order valence-electron chi connectivity index (χ1n) is 5.74. The molecule has 0 fully saturated rings. The molecular formula is C15H13FO2S. The number of para-hydroxylation sites is 1. The number of ether oxygens (including phenoxy) is 1. The molecule has 0 amide bonds. The van der Waals surface area contributed by atoms with Gasteiger partial charge in [-0.25, -0.2) is 4.39 Å². The lowest BCUT2D eigenvalue weighted by atomic mass is 10.1. The summed E-state index contributed by atoms with van der Waals surface area (Å²) in [5.74, 6) is 0.103. The Labute approximate surface area is 115 Å². The molecule has 0 bridgehead atoms. The van der Waals surface area contributed by atoms with Gasteiger partial charge in [0.25, 0.3) is 0 Å². The zero-order valence-corrected chi connectivity index (χ0v) is 11.5. The molecule has 98 valence electrons. The molecule has 2 aromatic rings. The van der Waals surface area contributed by atoms with Crippen LogP contribution in [0.25, 0.3) is 0 Å². The van der Waals surface area contributed by atoms with Gasteiger partial charge < -0.3 is 4.74 Å². The van der Waals surface area contributed by atoms with Crippen LogP contribution in [0.1, 0.15) is 17.3 Å². The molecule has 2 nitrogen and oxygen atoms in total. The van der Waals surface area contributed by atoms with Crippen molar-refractivity contribution in [2.75, 3.05) is 7.11 Å². The Hall–Kier alpha value is -1.81. The molecule has 0 radical (unpaired) electrons. The second-order valence-electron chi connectivity index (χ2n) is 3.93. The molecule has 0 heterocycles. The Balaban J connectivity index is 2.46. The van der Waals surface area contributed by atoms with Crippen molar-refractivity contribution in [1.82, 2.24) is 0 Å². The Bertz CT molecular complexity index is 611. The molecule has 0 aromatic heterocycles. The van der Waals surface area contributed by atoms with Crippen LogP contribution in [0.5, 0.6) is 5.75 Å². The van der Waals surface area contributed by atoms with Crippen molar-refractivity contribution in [3.63, 3.8) is 0 Å². The van der Waals surface area contributed by atoms with E-state index >= 15 is 0 Å². The molecule has 19 heavy (non-hydrogen) atoms. The van der Waals surface area contributed by atoms with Crippen LogP contribution in [0.4, 0.5) is 4.39 Å². The molecule has 4 heteroatoms. The highest BCUT2D eigenvalue weighted by molar-refractivity contribution is 7.99. The van der Waals surface area contributed by atoms with Gasteiger partial charge in [-0.2, -0.15) is 0 Å². The van der Waals surface area contributed by atoms with Crippen LogP contribution in [-0.4, -0.2) is 12.9 Å². The summed E-state index contributed by atoms with van der Waals surface area (Å²) in [5, 5.41) is 0. The van der Waals surface area contributed by atoms with E-state index in [1.54, 1.807) is 25.3 Å². The van der Waals surface area contributed by atoms with Crippen molar-refractivity contribution in [2.45, 2.75) is 16.7 Å². The number of ketones is 1. The topological polar surface area (TPSA) is 26.3 Å². The molecule has 0 N–H and O–H groups in total. The number of halogens is 1. The van der Waals surface area contributed by atoms with E-state index < -0.39 is 5.82 Å². The number of hydrogen-bond acceptors (Lipinski definition) is 3. The minimum absolute atomic E-state index is 0.156. The van der Waals surface area contributed by atoms with Crippen LogP contribution in [0.3, 0.4) is 0 Å². The molecule has 0 aliphatic carbocycles. The van der Waals surface area contributed by atoms with E-state index in [0.717, 1.165) is 4.90 Å². The largest absolute Gasteiger partial charge is 0.496 e. The zero-order chi connectivity index (χ0) is 13.8. The fourth-order valence-electron chi connectivity index (χ4n) is 1.70. The van der Waals surface area contributed by atoms with Crippen LogP contribution in [0.15, 0.2) is 52.3 Å². The van der Waals surface area contributed by atoms with Gasteiger partial charge in [0.15, 0.2) is 5.78 Å². The Morgan fingerprint density at radius 3 is 2.58 bits per heavy atom. The third-order valence-electron chi connectivity index (χ3n) is 2.63. The highest BCUT2D eigenvalue weighted by Gasteiger charge is 2.15. The maximum Gasteiger partial charge on any atom is 0.161 e. The normalized spacial score (nSPS) is 10.3. The molecule has 2 aromatic carbocycles. The molecule has 0 atom stereocenters. The summed E-state index contributed by atoms with van der Waals surface area (Å²) in [6, 6.07) is 11.8. The number of methoxy groups -OCH3 is 1. The van der Waals surface area contributed by atoms with Gasteiger partial charge in [0, 0.05) is 5.56 Å². The number of rotatable bonds is 4. The number of carbonyl (C=O) groups excluding carboxylic acids is 1. The second-order valence-corrected chi connectivity index (χ2v) is 4.98. The average molecular weight is 276 g/mol. The van der Waals surface area contributed by atoms with Crippen LogP contribution in [0.2, 0.25) is 0 Å². The van der Waals surface area contributed by atoms with Crippen molar-refractivity contribution >= 4 is 17.5 Å². The smallest absolute Gasteiger partial charge is 0.161 e. The Kier molecular flexibility index (Phi) is 4.22. The van der Waals surface area contributed by atoms with Crippen LogP contribution in [-0.2, 0) is 0 Å². The standard InChI is InChI=1S/C15H13FO2S/c1-10(17)11-6-5-7-12(16)15(11)19-14-9-4-3-8-13(14)18-2/h3-9H,1-2H3. The monoisotopic (exact) mass is 276 g/mol. The van der Waals surface area contributed by atoms with Gasteiger partial charge in [-0.05, 0) is 25.1 Å². The second kappa shape index (κ2) is 5.89. The number of benzene rings is 2. The Morgan fingerprint density at radius 1 is 1.16 bits per heavy atom. The van der Waals surface area contributed by atoms with Gasteiger partial charge in [-0.15, -0.1) is 0 Å². The van der Waals surface area contributed by atoms with Crippen LogP contribution >= 0.6 is 11.8 Å². The number of Topliss-reactive ketones (excluding diaryl/α,β-unsaturated/α-hetero) is 1. The van der Waals surface area contributed by atoms with Gasteiger partial charge in [-0.1, -0.05) is 36.0 Å². The van der Waals surface area contributed by atoms with E-state index in [9.17, 15) is 9.18 Å². The van der Waals surface area contributed by atoms with Crippen molar-refractivity contribution in [1.29, 1.82) is 0 Å². The number of carbonyl (C=O) groups is 1. The van der Waals surface area contributed by atoms with Gasteiger partial charge in [0.1, 0.15) is 11.6 Å².